The van der Waals surface area contributed by atoms with Gasteiger partial charge in [-0.05, 0) is 42.7 Å². The van der Waals surface area contributed by atoms with Crippen LogP contribution in [-0.2, 0) is 10.2 Å². The minimum absolute atomic E-state index is 0.136. The summed E-state index contributed by atoms with van der Waals surface area (Å²) < 4.78 is 24.0. The fraction of sp³-hybridized carbons (Fsp3) is 0.391. The number of nitrogens with one attached hydrogen (secondary N) is 1. The Morgan fingerprint density at radius 2 is 1.84 bits per heavy atom. The maximum atomic E-state index is 13.4. The van der Waals surface area contributed by atoms with E-state index in [0.717, 1.165) is 37.7 Å². The molecule has 0 heterocycles. The first kappa shape index (κ1) is 22.9. The minimum Gasteiger partial charge on any atom is -0.493 e. The van der Waals surface area contributed by atoms with Crippen LogP contribution in [0.1, 0.15) is 48.0 Å². The maximum absolute atomic E-state index is 13.4. The van der Waals surface area contributed by atoms with Crippen LogP contribution in [0.15, 0.2) is 36.4 Å². The van der Waals surface area contributed by atoms with Crippen LogP contribution in [0.3, 0.4) is 0 Å². The molecule has 8 heteroatoms. The Hall–Kier alpha value is -2.80. The number of carbonyl (C=O) groups is 2. The van der Waals surface area contributed by atoms with Crippen molar-refractivity contribution in [2.75, 3.05) is 20.3 Å². The Balaban J connectivity index is 1.78. The molecule has 0 aliphatic heterocycles. The van der Waals surface area contributed by atoms with Gasteiger partial charge in [0.05, 0.1) is 12.1 Å². The quantitative estimate of drug-likeness (QED) is 0.639. The molecule has 1 fully saturated rings. The van der Waals surface area contributed by atoms with Gasteiger partial charge in [0.1, 0.15) is 5.82 Å². The van der Waals surface area contributed by atoms with Crippen molar-refractivity contribution in [3.05, 3.63) is 58.4 Å². The lowest BCUT2D eigenvalue weighted by Gasteiger charge is -2.38. The smallest absolute Gasteiger partial charge is 0.255 e. The molecule has 2 amide bonds. The number of rotatable bonds is 8. The van der Waals surface area contributed by atoms with E-state index in [0.29, 0.717) is 12.1 Å². The Kier molecular flexibility index (Phi) is 7.38. The summed E-state index contributed by atoms with van der Waals surface area (Å²) in [6.07, 6.45) is 5.10. The summed E-state index contributed by atoms with van der Waals surface area (Å²) in [6.45, 7) is 0.0686. The van der Waals surface area contributed by atoms with Gasteiger partial charge in [-0.2, -0.15) is 0 Å². The molecule has 3 N–H and O–H groups in total. The molecular weight excluding hydrogens is 423 g/mol. The second-order valence-electron chi connectivity index (χ2n) is 7.78. The highest BCUT2D eigenvalue weighted by Gasteiger charge is 2.34. The average Bonchev–Trinajstić information content (AvgIpc) is 2.77. The fourth-order valence-electron chi connectivity index (χ4n) is 4.09. The van der Waals surface area contributed by atoms with E-state index >= 15 is 0 Å². The van der Waals surface area contributed by atoms with E-state index in [4.69, 9.17) is 26.8 Å². The van der Waals surface area contributed by atoms with Gasteiger partial charge in [0.2, 0.25) is 0 Å². The summed E-state index contributed by atoms with van der Waals surface area (Å²) in [7, 11) is 1.41. The van der Waals surface area contributed by atoms with Crippen molar-refractivity contribution >= 4 is 23.4 Å². The Bertz CT molecular complexity index is 943. The van der Waals surface area contributed by atoms with E-state index in [9.17, 15) is 14.0 Å². The van der Waals surface area contributed by atoms with Crippen LogP contribution in [0.25, 0.3) is 0 Å². The van der Waals surface area contributed by atoms with Crippen molar-refractivity contribution in [3.63, 3.8) is 0 Å². The number of benzene rings is 2. The molecule has 0 unspecified atom stereocenters. The van der Waals surface area contributed by atoms with Crippen LogP contribution in [-0.4, -0.2) is 32.1 Å². The molecule has 3 rings (SSSR count). The molecule has 31 heavy (non-hydrogen) atoms. The minimum atomic E-state index is -0.654. The molecule has 6 nitrogen and oxygen atoms in total. The van der Waals surface area contributed by atoms with Gasteiger partial charge in [-0.3, -0.25) is 9.59 Å². The molecule has 2 aromatic carbocycles. The third-order valence-corrected chi connectivity index (χ3v) is 5.99. The molecule has 0 atom stereocenters. The fourth-order valence-corrected chi connectivity index (χ4v) is 4.35. The van der Waals surface area contributed by atoms with Crippen LogP contribution in [0.4, 0.5) is 4.39 Å². The molecule has 0 bridgehead atoms. The zero-order valence-electron chi connectivity index (χ0n) is 17.4. The molecule has 0 saturated heterocycles. The standard InChI is InChI=1S/C23H26ClFN2O4/c1-30-19-12-15(11-18(24)21(19)31-13-20(26)28)22(29)27-14-23(9-3-2-4-10-23)16-5-7-17(25)8-6-16/h5-8,11-12H,2-4,9-10,13-14H2,1H3,(H2,26,28)(H,27,29). The van der Waals surface area contributed by atoms with Gasteiger partial charge in [0.15, 0.2) is 18.1 Å². The summed E-state index contributed by atoms with van der Waals surface area (Å²) in [4.78, 5) is 23.9. The Morgan fingerprint density at radius 3 is 2.45 bits per heavy atom. The van der Waals surface area contributed by atoms with Crippen LogP contribution >= 0.6 is 11.6 Å². The predicted molar refractivity (Wildman–Crippen MR) is 116 cm³/mol. The normalized spacial score (nSPS) is 15.2. The number of hydrogen-bond donors (Lipinski definition) is 2. The topological polar surface area (TPSA) is 90.7 Å². The third-order valence-electron chi connectivity index (χ3n) is 5.70. The number of carbonyl (C=O) groups excluding carboxylic acids is 2. The molecule has 166 valence electrons. The first-order chi connectivity index (χ1) is 14.8. The lowest BCUT2D eigenvalue weighted by Crippen LogP contribution is -2.42. The number of halogens is 2. The lowest BCUT2D eigenvalue weighted by atomic mass is 9.69. The number of methoxy groups -OCH3 is 1. The monoisotopic (exact) mass is 448 g/mol. The van der Waals surface area contributed by atoms with Gasteiger partial charge in [-0.25, -0.2) is 4.39 Å². The highest BCUT2D eigenvalue weighted by atomic mass is 35.5. The lowest BCUT2D eigenvalue weighted by molar-refractivity contribution is -0.119. The Labute approximate surface area is 185 Å². The number of ether oxygens (including phenoxy) is 2. The molecule has 1 saturated carbocycles. The summed E-state index contributed by atoms with van der Waals surface area (Å²) in [5.41, 5.74) is 6.20. The summed E-state index contributed by atoms with van der Waals surface area (Å²) in [6, 6.07) is 9.49. The van der Waals surface area contributed by atoms with E-state index in [-0.39, 0.29) is 40.3 Å². The van der Waals surface area contributed by atoms with E-state index in [1.807, 2.05) is 0 Å². The molecule has 2 aromatic rings. The van der Waals surface area contributed by atoms with Crippen LogP contribution in [0, 0.1) is 5.82 Å². The van der Waals surface area contributed by atoms with Crippen molar-refractivity contribution in [2.45, 2.75) is 37.5 Å². The number of hydrogen-bond acceptors (Lipinski definition) is 4. The molecule has 1 aliphatic rings. The highest BCUT2D eigenvalue weighted by Crippen LogP contribution is 2.40. The summed E-state index contributed by atoms with van der Waals surface area (Å²) in [5.74, 6) is -0.870. The first-order valence-electron chi connectivity index (χ1n) is 10.2. The number of nitrogens with two attached hydrogens (primary N) is 1. The van der Waals surface area contributed by atoms with Crippen molar-refractivity contribution in [1.29, 1.82) is 0 Å². The van der Waals surface area contributed by atoms with Crippen LogP contribution < -0.4 is 20.5 Å². The zero-order chi connectivity index (χ0) is 22.4. The van der Waals surface area contributed by atoms with Crippen molar-refractivity contribution in [1.82, 2.24) is 5.32 Å². The molecule has 0 aromatic heterocycles. The second kappa shape index (κ2) is 10.0. The summed E-state index contributed by atoms with van der Waals surface area (Å²) in [5, 5.41) is 3.14. The second-order valence-corrected chi connectivity index (χ2v) is 8.18. The van der Waals surface area contributed by atoms with Crippen LogP contribution in [0.2, 0.25) is 5.02 Å². The molecule has 1 aliphatic carbocycles. The van der Waals surface area contributed by atoms with Gasteiger partial charge in [-0.15, -0.1) is 0 Å². The van der Waals surface area contributed by atoms with E-state index in [1.54, 1.807) is 12.1 Å². The van der Waals surface area contributed by atoms with E-state index in [1.165, 1.54) is 31.4 Å². The molecule has 0 spiro atoms. The van der Waals surface area contributed by atoms with Crippen molar-refractivity contribution in [2.24, 2.45) is 5.73 Å². The summed E-state index contributed by atoms with van der Waals surface area (Å²) >= 11 is 6.26. The molecular formula is C23H26ClFN2O4. The van der Waals surface area contributed by atoms with E-state index < -0.39 is 5.91 Å². The number of amides is 2. The number of primary amides is 1. The van der Waals surface area contributed by atoms with Gasteiger partial charge in [0, 0.05) is 17.5 Å². The van der Waals surface area contributed by atoms with E-state index in [2.05, 4.69) is 5.32 Å². The first-order valence-corrected chi connectivity index (χ1v) is 10.6. The Morgan fingerprint density at radius 1 is 1.16 bits per heavy atom. The SMILES string of the molecule is COc1cc(C(=O)NCC2(c3ccc(F)cc3)CCCCC2)cc(Cl)c1OCC(N)=O. The van der Waals surface area contributed by atoms with Gasteiger partial charge in [0.25, 0.3) is 11.8 Å². The van der Waals surface area contributed by atoms with Gasteiger partial charge in [-0.1, -0.05) is 43.0 Å². The molecule has 0 radical (unpaired) electrons. The maximum Gasteiger partial charge on any atom is 0.255 e. The van der Waals surface area contributed by atoms with Crippen molar-refractivity contribution in [3.8, 4) is 11.5 Å². The average molecular weight is 449 g/mol. The van der Waals surface area contributed by atoms with Gasteiger partial charge >= 0.3 is 0 Å². The van der Waals surface area contributed by atoms with Gasteiger partial charge < -0.3 is 20.5 Å². The third kappa shape index (κ3) is 5.47. The van der Waals surface area contributed by atoms with Crippen molar-refractivity contribution < 1.29 is 23.5 Å². The predicted octanol–water partition coefficient (Wildman–Crippen LogP) is 3.98. The highest BCUT2D eigenvalue weighted by molar-refractivity contribution is 6.32. The van der Waals surface area contributed by atoms with Crippen LogP contribution in [0.5, 0.6) is 11.5 Å². The largest absolute Gasteiger partial charge is 0.493 e. The zero-order valence-corrected chi connectivity index (χ0v) is 18.1.